The average molecular weight is 466 g/mol. The number of primary amides is 2. The first kappa shape index (κ1) is 28.4. The van der Waals surface area contributed by atoms with Gasteiger partial charge < -0.3 is 31.0 Å². The van der Waals surface area contributed by atoms with Crippen LogP contribution < -0.4 is 16.8 Å². The van der Waals surface area contributed by atoms with Crippen LogP contribution in [0.1, 0.15) is 64.5 Å². The summed E-state index contributed by atoms with van der Waals surface area (Å²) in [6.07, 6.45) is 2.30. The minimum absolute atomic E-state index is 0.0379. The summed E-state index contributed by atoms with van der Waals surface area (Å²) in [7, 11) is 0. The highest BCUT2D eigenvalue weighted by molar-refractivity contribution is 5.75. The van der Waals surface area contributed by atoms with Crippen molar-refractivity contribution in [2.75, 3.05) is 13.2 Å². The van der Waals surface area contributed by atoms with Crippen molar-refractivity contribution in [2.45, 2.75) is 84.2 Å². The zero-order chi connectivity index (χ0) is 24.9. The Morgan fingerprint density at radius 1 is 1.00 bits per heavy atom. The van der Waals surface area contributed by atoms with E-state index in [9.17, 15) is 14.4 Å². The lowest BCUT2D eigenvalue weighted by Crippen LogP contribution is -2.45. The number of ether oxygens (including phenoxy) is 3. The molecule has 0 fully saturated rings. The molecular weight excluding hydrogens is 426 g/mol. The van der Waals surface area contributed by atoms with Gasteiger partial charge in [-0.3, -0.25) is 9.59 Å². The molecule has 1 aromatic rings. The van der Waals surface area contributed by atoms with E-state index in [0.29, 0.717) is 19.6 Å². The number of rotatable bonds is 15. The predicted molar refractivity (Wildman–Crippen MR) is 125 cm³/mol. The number of nitrogens with one attached hydrogen (secondary N) is 1. The van der Waals surface area contributed by atoms with Crippen molar-refractivity contribution in [3.8, 4) is 0 Å². The molecule has 0 heterocycles. The van der Waals surface area contributed by atoms with Crippen molar-refractivity contribution < 1.29 is 28.6 Å². The third kappa shape index (κ3) is 14.2. The molecule has 0 aromatic heterocycles. The second-order valence-electron chi connectivity index (χ2n) is 9.07. The van der Waals surface area contributed by atoms with Gasteiger partial charge in [-0.05, 0) is 64.5 Å². The zero-order valence-electron chi connectivity index (χ0n) is 20.2. The lowest BCUT2D eigenvalue weighted by molar-refractivity contribution is -0.122. The van der Waals surface area contributed by atoms with E-state index in [0.717, 1.165) is 24.8 Å². The van der Waals surface area contributed by atoms with Crippen molar-refractivity contribution in [1.29, 1.82) is 0 Å². The normalized spacial score (nSPS) is 13.2. The molecular formula is C24H39N3O6. The van der Waals surface area contributed by atoms with Gasteiger partial charge in [0.1, 0.15) is 12.2 Å². The van der Waals surface area contributed by atoms with E-state index in [-0.39, 0.29) is 19.1 Å². The van der Waals surface area contributed by atoms with Crippen LogP contribution in [0.15, 0.2) is 24.3 Å². The van der Waals surface area contributed by atoms with Gasteiger partial charge in [0, 0.05) is 13.0 Å². The Morgan fingerprint density at radius 2 is 1.64 bits per heavy atom. The van der Waals surface area contributed by atoms with Gasteiger partial charge in [0.25, 0.3) is 0 Å². The average Bonchev–Trinajstić information content (AvgIpc) is 2.71. The number of hydrogen-bond acceptors (Lipinski definition) is 6. The van der Waals surface area contributed by atoms with Gasteiger partial charge in [0.05, 0.1) is 18.8 Å². The quantitative estimate of drug-likeness (QED) is 0.340. The Kier molecular flexibility index (Phi) is 12.5. The largest absolute Gasteiger partial charge is 0.444 e. The molecule has 3 amide bonds. The van der Waals surface area contributed by atoms with Gasteiger partial charge in [-0.1, -0.05) is 24.3 Å². The summed E-state index contributed by atoms with van der Waals surface area (Å²) in [6.45, 7) is 8.04. The number of carbonyl (C=O) groups is 3. The Labute approximate surface area is 196 Å². The second-order valence-corrected chi connectivity index (χ2v) is 9.07. The van der Waals surface area contributed by atoms with Crippen LogP contribution in [-0.4, -0.2) is 48.9 Å². The molecule has 186 valence electrons. The maximum Gasteiger partial charge on any atom is 0.407 e. The summed E-state index contributed by atoms with van der Waals surface area (Å²) < 4.78 is 16.4. The van der Waals surface area contributed by atoms with E-state index < -0.39 is 29.6 Å². The first-order chi connectivity index (χ1) is 15.5. The van der Waals surface area contributed by atoms with Crippen molar-refractivity contribution in [2.24, 2.45) is 11.5 Å². The molecule has 0 saturated heterocycles. The standard InChI is InChI=1S/C24H39N3O6/c1-17(20(12-13-21(25)28)27-23(30)33-24(2,3)4)32-15-19-10-8-18(9-11-19)7-5-6-14-31-16-22(26)29/h8-11,17,20H,5-7,12-16H2,1-4H3,(H2,25,28)(H2,26,29)(H,27,30)/t17-,20+/m1/s1. The second kappa shape index (κ2) is 14.5. The van der Waals surface area contributed by atoms with Crippen molar-refractivity contribution in [1.82, 2.24) is 5.32 Å². The Morgan fingerprint density at radius 3 is 2.21 bits per heavy atom. The van der Waals surface area contributed by atoms with E-state index in [1.165, 1.54) is 5.56 Å². The molecule has 9 heteroatoms. The molecule has 2 atom stereocenters. The van der Waals surface area contributed by atoms with Crippen LogP contribution in [0.3, 0.4) is 0 Å². The number of amides is 3. The first-order valence-electron chi connectivity index (χ1n) is 11.3. The topological polar surface area (TPSA) is 143 Å². The first-order valence-corrected chi connectivity index (χ1v) is 11.3. The maximum absolute atomic E-state index is 12.2. The fourth-order valence-corrected chi connectivity index (χ4v) is 3.03. The molecule has 1 aromatic carbocycles. The lowest BCUT2D eigenvalue weighted by Gasteiger charge is -2.27. The number of benzene rings is 1. The number of hydrogen-bond donors (Lipinski definition) is 3. The maximum atomic E-state index is 12.2. The molecule has 1 rings (SSSR count). The van der Waals surface area contributed by atoms with Crippen molar-refractivity contribution in [3.63, 3.8) is 0 Å². The summed E-state index contributed by atoms with van der Waals surface area (Å²) in [5, 5.41) is 2.79. The van der Waals surface area contributed by atoms with Crippen LogP contribution in [0.25, 0.3) is 0 Å². The van der Waals surface area contributed by atoms with Gasteiger partial charge in [-0.15, -0.1) is 0 Å². The van der Waals surface area contributed by atoms with Crippen LogP contribution in [0, 0.1) is 0 Å². The van der Waals surface area contributed by atoms with E-state index in [1.807, 2.05) is 19.1 Å². The molecule has 9 nitrogen and oxygen atoms in total. The van der Waals surface area contributed by atoms with Gasteiger partial charge in [0.15, 0.2) is 0 Å². The number of aryl methyl sites for hydroxylation is 1. The number of alkyl carbamates (subject to hydrolysis) is 1. The Bertz CT molecular complexity index is 746. The molecule has 33 heavy (non-hydrogen) atoms. The third-order valence-corrected chi connectivity index (χ3v) is 4.75. The van der Waals surface area contributed by atoms with E-state index in [4.69, 9.17) is 25.7 Å². The van der Waals surface area contributed by atoms with Crippen LogP contribution in [0.4, 0.5) is 4.79 Å². The Balaban J connectivity index is 2.49. The molecule has 0 aliphatic carbocycles. The molecule has 0 unspecified atom stereocenters. The molecule has 0 radical (unpaired) electrons. The van der Waals surface area contributed by atoms with E-state index in [1.54, 1.807) is 20.8 Å². The van der Waals surface area contributed by atoms with Crippen LogP contribution in [0.2, 0.25) is 0 Å². The minimum Gasteiger partial charge on any atom is -0.444 e. The summed E-state index contributed by atoms with van der Waals surface area (Å²) >= 11 is 0. The van der Waals surface area contributed by atoms with Crippen LogP contribution in [-0.2, 0) is 36.8 Å². The van der Waals surface area contributed by atoms with Gasteiger partial charge in [0.2, 0.25) is 11.8 Å². The zero-order valence-corrected chi connectivity index (χ0v) is 20.2. The van der Waals surface area contributed by atoms with Gasteiger partial charge in [-0.25, -0.2) is 4.79 Å². The van der Waals surface area contributed by atoms with E-state index >= 15 is 0 Å². The van der Waals surface area contributed by atoms with Gasteiger partial charge >= 0.3 is 6.09 Å². The number of nitrogens with two attached hydrogens (primary N) is 2. The third-order valence-electron chi connectivity index (χ3n) is 4.75. The SMILES string of the molecule is C[C@@H](OCc1ccc(CCCCOCC(N)=O)cc1)[C@H](CCC(N)=O)NC(=O)OC(C)(C)C. The fraction of sp³-hybridized carbons (Fsp3) is 0.625. The molecule has 5 N–H and O–H groups in total. The highest BCUT2D eigenvalue weighted by atomic mass is 16.6. The van der Waals surface area contributed by atoms with Gasteiger partial charge in [-0.2, -0.15) is 0 Å². The lowest BCUT2D eigenvalue weighted by atomic mass is 10.1. The highest BCUT2D eigenvalue weighted by Gasteiger charge is 2.24. The van der Waals surface area contributed by atoms with Crippen LogP contribution >= 0.6 is 0 Å². The number of carbonyl (C=O) groups excluding carboxylic acids is 3. The monoisotopic (exact) mass is 465 g/mol. The van der Waals surface area contributed by atoms with Crippen molar-refractivity contribution >= 4 is 17.9 Å². The summed E-state index contributed by atoms with van der Waals surface area (Å²) in [6, 6.07) is 7.70. The molecule has 0 bridgehead atoms. The predicted octanol–water partition coefficient (Wildman–Crippen LogP) is 2.58. The minimum atomic E-state index is -0.624. The molecule has 0 saturated carbocycles. The summed E-state index contributed by atoms with van der Waals surface area (Å²) in [4.78, 5) is 34.0. The molecule has 0 aliphatic heterocycles. The molecule has 0 spiro atoms. The number of unbranched alkanes of at least 4 members (excludes halogenated alkanes) is 1. The van der Waals surface area contributed by atoms with E-state index in [2.05, 4.69) is 17.4 Å². The Hall–Kier alpha value is -2.65. The van der Waals surface area contributed by atoms with Crippen LogP contribution in [0.5, 0.6) is 0 Å². The van der Waals surface area contributed by atoms with Crippen molar-refractivity contribution in [3.05, 3.63) is 35.4 Å². The fourth-order valence-electron chi connectivity index (χ4n) is 3.03. The highest BCUT2D eigenvalue weighted by Crippen LogP contribution is 2.14. The molecule has 0 aliphatic rings. The smallest absolute Gasteiger partial charge is 0.407 e. The summed E-state index contributed by atoms with van der Waals surface area (Å²) in [5.74, 6) is -0.893. The summed E-state index contributed by atoms with van der Waals surface area (Å²) in [5.41, 5.74) is 11.9.